The van der Waals surface area contributed by atoms with Gasteiger partial charge in [-0.1, -0.05) is 17.7 Å². The van der Waals surface area contributed by atoms with Crippen LogP contribution in [0, 0.1) is 0 Å². The largest absolute Gasteiger partial charge is 0.505 e. The molecule has 0 amide bonds. The zero-order chi connectivity index (χ0) is 10.3. The second-order valence-corrected chi connectivity index (χ2v) is 4.16. The SMILES string of the molecule is O=C(O)c1sc2cccc(Cl)c2c1O. The summed E-state index contributed by atoms with van der Waals surface area (Å²) in [4.78, 5) is 10.6. The van der Waals surface area contributed by atoms with Crippen molar-refractivity contribution < 1.29 is 15.0 Å². The summed E-state index contributed by atoms with van der Waals surface area (Å²) >= 11 is 6.85. The second-order valence-electron chi connectivity index (χ2n) is 2.70. The summed E-state index contributed by atoms with van der Waals surface area (Å²) in [5, 5.41) is 19.1. The van der Waals surface area contributed by atoms with Crippen molar-refractivity contribution in [3.8, 4) is 5.75 Å². The highest BCUT2D eigenvalue weighted by atomic mass is 35.5. The Balaban J connectivity index is 2.87. The van der Waals surface area contributed by atoms with Gasteiger partial charge in [0.15, 0.2) is 4.88 Å². The standard InChI is InChI=1S/C9H5ClO3S/c10-4-2-1-3-5-6(4)7(11)8(14-5)9(12)13/h1-3,11H,(H,12,13). The molecule has 0 saturated heterocycles. The minimum atomic E-state index is -1.14. The molecule has 0 fully saturated rings. The number of rotatable bonds is 1. The van der Waals surface area contributed by atoms with Crippen LogP contribution in [0.1, 0.15) is 9.67 Å². The lowest BCUT2D eigenvalue weighted by molar-refractivity contribution is 0.0699. The molecule has 0 radical (unpaired) electrons. The Bertz CT molecular complexity index is 518. The molecule has 72 valence electrons. The Morgan fingerprint density at radius 2 is 2.14 bits per heavy atom. The Morgan fingerprint density at radius 3 is 2.71 bits per heavy atom. The van der Waals surface area contributed by atoms with Crippen molar-refractivity contribution in [2.75, 3.05) is 0 Å². The van der Waals surface area contributed by atoms with E-state index in [-0.39, 0.29) is 10.6 Å². The van der Waals surface area contributed by atoms with Crippen LogP contribution < -0.4 is 0 Å². The van der Waals surface area contributed by atoms with E-state index in [2.05, 4.69) is 0 Å². The molecular weight excluding hydrogens is 224 g/mol. The predicted octanol–water partition coefficient (Wildman–Crippen LogP) is 2.96. The summed E-state index contributed by atoms with van der Waals surface area (Å²) in [5.41, 5.74) is 0. The molecule has 2 N–H and O–H groups in total. The van der Waals surface area contributed by atoms with Gasteiger partial charge in [-0.3, -0.25) is 0 Å². The van der Waals surface area contributed by atoms with Gasteiger partial charge in [-0.05, 0) is 12.1 Å². The van der Waals surface area contributed by atoms with Crippen molar-refractivity contribution in [1.82, 2.24) is 0 Å². The summed E-state index contributed by atoms with van der Waals surface area (Å²) in [5.74, 6) is -1.39. The molecule has 0 saturated carbocycles. The van der Waals surface area contributed by atoms with Gasteiger partial charge in [0.2, 0.25) is 0 Å². The van der Waals surface area contributed by atoms with Crippen molar-refractivity contribution in [1.29, 1.82) is 0 Å². The first kappa shape index (κ1) is 9.30. The van der Waals surface area contributed by atoms with Crippen LogP contribution in [0.4, 0.5) is 0 Å². The molecule has 0 aliphatic rings. The molecule has 0 unspecified atom stereocenters. The molecule has 3 nitrogen and oxygen atoms in total. The van der Waals surface area contributed by atoms with Gasteiger partial charge in [-0.2, -0.15) is 0 Å². The van der Waals surface area contributed by atoms with E-state index in [1.54, 1.807) is 18.2 Å². The fourth-order valence-electron chi connectivity index (χ4n) is 1.24. The normalized spacial score (nSPS) is 10.6. The lowest BCUT2D eigenvalue weighted by atomic mass is 10.2. The van der Waals surface area contributed by atoms with Gasteiger partial charge in [0, 0.05) is 4.70 Å². The van der Waals surface area contributed by atoms with E-state index in [1.165, 1.54) is 0 Å². The minimum Gasteiger partial charge on any atom is -0.505 e. The summed E-state index contributed by atoms with van der Waals surface area (Å²) in [6.07, 6.45) is 0. The summed E-state index contributed by atoms with van der Waals surface area (Å²) in [7, 11) is 0. The maximum atomic E-state index is 10.7. The lowest BCUT2D eigenvalue weighted by Crippen LogP contribution is -1.90. The molecule has 5 heteroatoms. The Hall–Kier alpha value is -1.26. The zero-order valence-corrected chi connectivity index (χ0v) is 8.39. The molecule has 1 aromatic heterocycles. The fourth-order valence-corrected chi connectivity index (χ4v) is 2.52. The van der Waals surface area contributed by atoms with Gasteiger partial charge in [0.25, 0.3) is 0 Å². The van der Waals surface area contributed by atoms with Gasteiger partial charge in [0.1, 0.15) is 5.75 Å². The highest BCUT2D eigenvalue weighted by Gasteiger charge is 2.18. The number of hydrogen-bond donors (Lipinski definition) is 2. The maximum Gasteiger partial charge on any atom is 0.349 e. The molecule has 1 aromatic carbocycles. The van der Waals surface area contributed by atoms with E-state index in [1.807, 2.05) is 0 Å². The maximum absolute atomic E-state index is 10.7. The Labute approximate surface area is 88.2 Å². The van der Waals surface area contributed by atoms with Crippen molar-refractivity contribution in [2.24, 2.45) is 0 Å². The van der Waals surface area contributed by atoms with Crippen molar-refractivity contribution >= 4 is 39.0 Å². The predicted molar refractivity (Wildman–Crippen MR) is 55.5 cm³/mol. The number of thiophene rings is 1. The van der Waals surface area contributed by atoms with Gasteiger partial charge in [0.05, 0.1) is 10.4 Å². The van der Waals surface area contributed by atoms with E-state index in [4.69, 9.17) is 16.7 Å². The molecule has 0 bridgehead atoms. The van der Waals surface area contributed by atoms with Crippen LogP contribution in [0.3, 0.4) is 0 Å². The number of fused-ring (bicyclic) bond motifs is 1. The van der Waals surface area contributed by atoms with Crippen LogP contribution in [0.25, 0.3) is 10.1 Å². The van der Waals surface area contributed by atoms with E-state index in [0.29, 0.717) is 15.1 Å². The summed E-state index contributed by atoms with van der Waals surface area (Å²) in [6, 6.07) is 5.05. The first-order chi connectivity index (χ1) is 6.61. The fraction of sp³-hybridized carbons (Fsp3) is 0. The summed E-state index contributed by atoms with van der Waals surface area (Å²) < 4.78 is 0.674. The molecule has 1 heterocycles. The number of hydrogen-bond acceptors (Lipinski definition) is 3. The lowest BCUT2D eigenvalue weighted by Gasteiger charge is -1.93. The number of aromatic carboxylic acids is 1. The number of carboxylic acids is 1. The average molecular weight is 229 g/mol. The Morgan fingerprint density at radius 1 is 1.43 bits per heavy atom. The number of halogens is 1. The van der Waals surface area contributed by atoms with Crippen LogP contribution >= 0.6 is 22.9 Å². The number of carbonyl (C=O) groups is 1. The third-order valence-electron chi connectivity index (χ3n) is 1.83. The first-order valence-corrected chi connectivity index (χ1v) is 4.94. The minimum absolute atomic E-state index is 0.0758. The highest BCUT2D eigenvalue weighted by Crippen LogP contribution is 2.40. The zero-order valence-electron chi connectivity index (χ0n) is 6.82. The molecule has 2 rings (SSSR count). The van der Waals surface area contributed by atoms with Gasteiger partial charge in [-0.25, -0.2) is 4.79 Å². The number of carboxylic acid groups (broad SMARTS) is 1. The van der Waals surface area contributed by atoms with Crippen LogP contribution in [-0.2, 0) is 0 Å². The van der Waals surface area contributed by atoms with Crippen molar-refractivity contribution in [3.05, 3.63) is 28.1 Å². The quantitative estimate of drug-likeness (QED) is 0.789. The first-order valence-electron chi connectivity index (χ1n) is 3.74. The summed E-state index contributed by atoms with van der Waals surface area (Å²) in [6.45, 7) is 0. The topological polar surface area (TPSA) is 57.5 Å². The van der Waals surface area contributed by atoms with E-state index in [9.17, 15) is 9.90 Å². The molecule has 14 heavy (non-hydrogen) atoms. The molecule has 0 spiro atoms. The van der Waals surface area contributed by atoms with Gasteiger partial charge < -0.3 is 10.2 Å². The smallest absolute Gasteiger partial charge is 0.349 e. The molecule has 0 aliphatic carbocycles. The molecular formula is C9H5ClO3S. The van der Waals surface area contributed by atoms with Gasteiger partial charge >= 0.3 is 5.97 Å². The second kappa shape index (κ2) is 3.15. The molecule has 2 aromatic rings. The van der Waals surface area contributed by atoms with Crippen LogP contribution in [0.5, 0.6) is 5.75 Å². The Kier molecular flexibility index (Phi) is 2.09. The van der Waals surface area contributed by atoms with Crippen LogP contribution in [0.2, 0.25) is 5.02 Å². The van der Waals surface area contributed by atoms with Crippen molar-refractivity contribution in [3.63, 3.8) is 0 Å². The van der Waals surface area contributed by atoms with E-state index in [0.717, 1.165) is 11.3 Å². The van der Waals surface area contributed by atoms with E-state index >= 15 is 0 Å². The molecule has 0 atom stereocenters. The van der Waals surface area contributed by atoms with Crippen LogP contribution in [-0.4, -0.2) is 16.2 Å². The van der Waals surface area contributed by atoms with Crippen LogP contribution in [0.15, 0.2) is 18.2 Å². The average Bonchev–Trinajstić information content (AvgIpc) is 2.45. The monoisotopic (exact) mass is 228 g/mol. The third-order valence-corrected chi connectivity index (χ3v) is 3.28. The number of benzene rings is 1. The third kappa shape index (κ3) is 1.23. The van der Waals surface area contributed by atoms with E-state index < -0.39 is 5.97 Å². The number of aromatic hydroxyl groups is 1. The highest BCUT2D eigenvalue weighted by molar-refractivity contribution is 7.21. The van der Waals surface area contributed by atoms with Gasteiger partial charge in [-0.15, -0.1) is 11.3 Å². The van der Waals surface area contributed by atoms with Crippen molar-refractivity contribution in [2.45, 2.75) is 0 Å². The molecule has 0 aliphatic heterocycles.